The molecule has 0 aliphatic heterocycles. The average molecular weight is 548 g/mol. The van der Waals surface area contributed by atoms with Gasteiger partial charge in [-0.15, -0.1) is 0 Å². The summed E-state index contributed by atoms with van der Waals surface area (Å²) in [4.78, 5) is 4.86. The molecular weight excluding hydrogens is 516 g/mol. The number of aromatic nitrogens is 2. The number of halogens is 1. The molecule has 6 rings (SSSR count). The highest BCUT2D eigenvalue weighted by Crippen LogP contribution is 2.37. The summed E-state index contributed by atoms with van der Waals surface area (Å²) >= 11 is 3.68. The molecular formula is C34H31BrN2. The molecule has 0 atom stereocenters. The van der Waals surface area contributed by atoms with Crippen LogP contribution in [0.15, 0.2) is 95.6 Å². The predicted octanol–water partition coefficient (Wildman–Crippen LogP) is 10.2. The Kier molecular flexibility index (Phi) is 6.56. The van der Waals surface area contributed by atoms with Gasteiger partial charge >= 0.3 is 0 Å². The standard InChI is InChI=1S/C34H31BrN2/c1-3-4-5-6-11-24-18-23(2)19-26(20-24)37-32-15-10-9-13-28(32)29-17-16-25(21-33(29)37)34-30-14-8-7-12-27(30)31(35)22-36-34/h7-10,12-22H,3-6,11H2,1-2H3. The smallest absolute Gasteiger partial charge is 0.0781 e. The van der Waals surface area contributed by atoms with E-state index in [0.717, 1.165) is 27.5 Å². The summed E-state index contributed by atoms with van der Waals surface area (Å²) < 4.78 is 3.46. The largest absolute Gasteiger partial charge is 0.309 e. The van der Waals surface area contributed by atoms with Crippen LogP contribution in [0.1, 0.15) is 43.7 Å². The van der Waals surface area contributed by atoms with Crippen molar-refractivity contribution >= 4 is 48.5 Å². The van der Waals surface area contributed by atoms with Crippen LogP contribution >= 0.6 is 15.9 Å². The molecule has 37 heavy (non-hydrogen) atoms. The van der Waals surface area contributed by atoms with Gasteiger partial charge < -0.3 is 4.57 Å². The van der Waals surface area contributed by atoms with E-state index in [9.17, 15) is 0 Å². The maximum absolute atomic E-state index is 4.86. The monoisotopic (exact) mass is 546 g/mol. The number of unbranched alkanes of at least 4 members (excludes halogenated alkanes) is 3. The fourth-order valence-corrected chi connectivity index (χ4v) is 6.10. The second-order valence-electron chi connectivity index (χ2n) is 10.1. The number of rotatable bonds is 7. The number of benzene rings is 4. The average Bonchev–Trinajstić information content (AvgIpc) is 3.25. The molecule has 0 amide bonds. The van der Waals surface area contributed by atoms with Crippen molar-refractivity contribution in [1.29, 1.82) is 0 Å². The fraction of sp³-hybridized carbons (Fsp3) is 0.206. The van der Waals surface area contributed by atoms with Crippen LogP contribution in [0.2, 0.25) is 0 Å². The molecule has 0 radical (unpaired) electrons. The van der Waals surface area contributed by atoms with Crippen molar-refractivity contribution in [2.75, 3.05) is 0 Å². The Hall–Kier alpha value is -3.43. The molecule has 0 saturated heterocycles. The number of hydrogen-bond acceptors (Lipinski definition) is 1. The lowest BCUT2D eigenvalue weighted by Gasteiger charge is -2.13. The number of nitrogens with zero attached hydrogens (tertiary/aromatic N) is 2. The third-order valence-corrected chi connectivity index (χ3v) is 8.02. The highest BCUT2D eigenvalue weighted by molar-refractivity contribution is 9.10. The van der Waals surface area contributed by atoms with Gasteiger partial charge in [-0.2, -0.15) is 0 Å². The SMILES string of the molecule is CCCCCCc1cc(C)cc(-n2c3ccccc3c3ccc(-c4ncc(Br)c5ccccc45)cc32)c1. The van der Waals surface area contributed by atoms with Crippen molar-refractivity contribution in [1.82, 2.24) is 9.55 Å². The summed E-state index contributed by atoms with van der Waals surface area (Å²) in [5, 5.41) is 4.89. The molecule has 184 valence electrons. The first-order chi connectivity index (χ1) is 18.1. The van der Waals surface area contributed by atoms with Gasteiger partial charge in [0, 0.05) is 38.1 Å². The summed E-state index contributed by atoms with van der Waals surface area (Å²) in [5.74, 6) is 0. The van der Waals surface area contributed by atoms with Crippen LogP contribution in [0.5, 0.6) is 0 Å². The third kappa shape index (κ3) is 4.46. The zero-order chi connectivity index (χ0) is 25.4. The molecule has 0 spiro atoms. The van der Waals surface area contributed by atoms with E-state index >= 15 is 0 Å². The Bertz CT molecular complexity index is 1740. The lowest BCUT2D eigenvalue weighted by molar-refractivity contribution is 0.666. The van der Waals surface area contributed by atoms with Gasteiger partial charge in [-0.1, -0.05) is 86.8 Å². The van der Waals surface area contributed by atoms with E-state index in [2.05, 4.69) is 119 Å². The van der Waals surface area contributed by atoms with Gasteiger partial charge in [-0.05, 0) is 76.5 Å². The summed E-state index contributed by atoms with van der Waals surface area (Å²) in [6, 6.07) is 31.1. The molecule has 2 nitrogen and oxygen atoms in total. The number of aryl methyl sites for hydroxylation is 2. The van der Waals surface area contributed by atoms with Gasteiger partial charge in [0.15, 0.2) is 0 Å². The van der Waals surface area contributed by atoms with Crippen LogP contribution in [0.25, 0.3) is 49.5 Å². The third-order valence-electron chi connectivity index (χ3n) is 7.39. The molecule has 4 aromatic carbocycles. The molecule has 0 aliphatic carbocycles. The van der Waals surface area contributed by atoms with E-state index < -0.39 is 0 Å². The second-order valence-corrected chi connectivity index (χ2v) is 10.9. The van der Waals surface area contributed by atoms with E-state index in [1.807, 2.05) is 6.20 Å². The van der Waals surface area contributed by atoms with Crippen LogP contribution in [-0.4, -0.2) is 9.55 Å². The number of fused-ring (bicyclic) bond motifs is 4. The zero-order valence-electron chi connectivity index (χ0n) is 21.5. The first-order valence-electron chi connectivity index (χ1n) is 13.3. The summed E-state index contributed by atoms with van der Waals surface area (Å²) in [6.45, 7) is 4.49. The molecule has 2 heterocycles. The highest BCUT2D eigenvalue weighted by atomic mass is 79.9. The van der Waals surface area contributed by atoms with E-state index in [4.69, 9.17) is 4.98 Å². The lowest BCUT2D eigenvalue weighted by atomic mass is 10.0. The summed E-state index contributed by atoms with van der Waals surface area (Å²) in [7, 11) is 0. The minimum absolute atomic E-state index is 1.01. The summed E-state index contributed by atoms with van der Waals surface area (Å²) in [5.41, 5.74) is 8.58. The normalized spacial score (nSPS) is 11.6. The molecule has 0 N–H and O–H groups in total. The van der Waals surface area contributed by atoms with E-state index in [-0.39, 0.29) is 0 Å². The molecule has 0 fully saturated rings. The van der Waals surface area contributed by atoms with Crippen LogP contribution < -0.4 is 0 Å². The molecule has 0 saturated carbocycles. The Morgan fingerprint density at radius 1 is 0.730 bits per heavy atom. The van der Waals surface area contributed by atoms with Crippen molar-refractivity contribution < 1.29 is 0 Å². The van der Waals surface area contributed by atoms with Gasteiger partial charge in [0.1, 0.15) is 0 Å². The van der Waals surface area contributed by atoms with Crippen molar-refractivity contribution in [3.8, 4) is 16.9 Å². The van der Waals surface area contributed by atoms with Gasteiger partial charge in [-0.25, -0.2) is 0 Å². The number of para-hydroxylation sites is 1. The topological polar surface area (TPSA) is 17.8 Å². The highest BCUT2D eigenvalue weighted by Gasteiger charge is 2.15. The number of hydrogen-bond donors (Lipinski definition) is 0. The Labute approximate surface area is 227 Å². The minimum atomic E-state index is 1.01. The molecule has 2 aromatic heterocycles. The Morgan fingerprint density at radius 3 is 2.32 bits per heavy atom. The Balaban J connectivity index is 1.55. The van der Waals surface area contributed by atoms with Crippen molar-refractivity contribution in [3.05, 3.63) is 107 Å². The van der Waals surface area contributed by atoms with Gasteiger partial charge in [0.2, 0.25) is 0 Å². The van der Waals surface area contributed by atoms with E-state index in [0.29, 0.717) is 0 Å². The van der Waals surface area contributed by atoms with Gasteiger partial charge in [-0.3, -0.25) is 4.98 Å². The first-order valence-corrected chi connectivity index (χ1v) is 14.1. The zero-order valence-corrected chi connectivity index (χ0v) is 23.1. The van der Waals surface area contributed by atoms with Crippen LogP contribution in [-0.2, 0) is 6.42 Å². The van der Waals surface area contributed by atoms with Gasteiger partial charge in [0.05, 0.1) is 16.7 Å². The van der Waals surface area contributed by atoms with Gasteiger partial charge in [0.25, 0.3) is 0 Å². The number of pyridine rings is 1. The first kappa shape index (κ1) is 23.9. The summed E-state index contributed by atoms with van der Waals surface area (Å²) in [6.07, 6.45) is 8.18. The van der Waals surface area contributed by atoms with Crippen LogP contribution in [0.4, 0.5) is 0 Å². The van der Waals surface area contributed by atoms with E-state index in [1.54, 1.807) is 0 Å². The van der Waals surface area contributed by atoms with E-state index in [1.165, 1.54) is 69.7 Å². The lowest BCUT2D eigenvalue weighted by Crippen LogP contribution is -1.98. The molecule has 0 aliphatic rings. The molecule has 6 aromatic rings. The maximum Gasteiger partial charge on any atom is 0.0781 e. The quantitative estimate of drug-likeness (QED) is 0.182. The van der Waals surface area contributed by atoms with Crippen LogP contribution in [0.3, 0.4) is 0 Å². The molecule has 3 heteroatoms. The second kappa shape index (κ2) is 10.1. The van der Waals surface area contributed by atoms with Crippen molar-refractivity contribution in [3.63, 3.8) is 0 Å². The Morgan fingerprint density at radius 2 is 1.49 bits per heavy atom. The van der Waals surface area contributed by atoms with Crippen molar-refractivity contribution in [2.24, 2.45) is 0 Å². The van der Waals surface area contributed by atoms with Crippen molar-refractivity contribution in [2.45, 2.75) is 46.0 Å². The fourth-order valence-electron chi connectivity index (χ4n) is 5.65. The minimum Gasteiger partial charge on any atom is -0.309 e. The molecule has 0 bridgehead atoms. The molecule has 0 unspecified atom stereocenters. The predicted molar refractivity (Wildman–Crippen MR) is 162 cm³/mol. The van der Waals surface area contributed by atoms with Crippen LogP contribution in [0, 0.1) is 6.92 Å². The maximum atomic E-state index is 4.86.